The number of ether oxygens (including phenoxy) is 1. The van der Waals surface area contributed by atoms with Crippen molar-refractivity contribution in [1.29, 1.82) is 0 Å². The molecule has 0 aromatic heterocycles. The van der Waals surface area contributed by atoms with Crippen LogP contribution in [0.25, 0.3) is 0 Å². The monoisotopic (exact) mass is 416 g/mol. The zero-order valence-corrected chi connectivity index (χ0v) is 16.4. The van der Waals surface area contributed by atoms with Crippen LogP contribution >= 0.6 is 27.7 Å². The first kappa shape index (κ1) is 20.5. The van der Waals surface area contributed by atoms with Crippen LogP contribution in [0.4, 0.5) is 4.79 Å². The van der Waals surface area contributed by atoms with Crippen LogP contribution in [-0.4, -0.2) is 29.8 Å². The maximum atomic E-state index is 12.0. The molecule has 0 saturated carbocycles. The molecule has 0 heterocycles. The summed E-state index contributed by atoms with van der Waals surface area (Å²) >= 11 is 4.80. The minimum atomic E-state index is -1.06. The Bertz CT molecular complexity index is 649. The average molecular weight is 417 g/mol. The Balaban J connectivity index is 2.68. The zero-order valence-electron chi connectivity index (χ0n) is 14.0. The molecule has 0 aliphatic rings. The first-order valence-electron chi connectivity index (χ1n) is 7.31. The summed E-state index contributed by atoms with van der Waals surface area (Å²) in [6, 6.07) is 2.99. The Labute approximate surface area is 154 Å². The van der Waals surface area contributed by atoms with Gasteiger partial charge in [0.05, 0.1) is 5.75 Å². The third-order valence-electron chi connectivity index (χ3n) is 3.17. The van der Waals surface area contributed by atoms with Crippen LogP contribution in [-0.2, 0) is 14.3 Å². The lowest BCUT2D eigenvalue weighted by atomic mass is 10.1. The molecule has 0 bridgehead atoms. The van der Waals surface area contributed by atoms with E-state index in [0.717, 1.165) is 20.5 Å². The van der Waals surface area contributed by atoms with Crippen molar-refractivity contribution in [3.8, 4) is 0 Å². The number of esters is 1. The molecule has 0 unspecified atom stereocenters. The number of amides is 3. The number of nitrogens with one attached hydrogen (secondary N) is 1. The van der Waals surface area contributed by atoms with Crippen molar-refractivity contribution in [2.45, 2.75) is 38.7 Å². The van der Waals surface area contributed by atoms with Crippen molar-refractivity contribution >= 4 is 45.6 Å². The van der Waals surface area contributed by atoms with Gasteiger partial charge in [-0.3, -0.25) is 14.9 Å². The van der Waals surface area contributed by atoms with E-state index < -0.39 is 24.0 Å². The van der Waals surface area contributed by atoms with Crippen LogP contribution in [0.5, 0.6) is 0 Å². The molecule has 3 N–H and O–H groups in total. The van der Waals surface area contributed by atoms with E-state index in [1.807, 2.05) is 31.3 Å². The number of halogens is 1. The van der Waals surface area contributed by atoms with Gasteiger partial charge in [0.1, 0.15) is 0 Å². The zero-order chi connectivity index (χ0) is 18.4. The van der Waals surface area contributed by atoms with E-state index in [9.17, 15) is 14.4 Å². The normalized spacial score (nSPS) is 11.9. The number of primary amides is 1. The summed E-state index contributed by atoms with van der Waals surface area (Å²) in [6.45, 7) is 7.35. The Kier molecular flexibility index (Phi) is 7.75. The number of urea groups is 1. The third kappa shape index (κ3) is 6.16. The predicted molar refractivity (Wildman–Crippen MR) is 96.8 cm³/mol. The number of hydrogen-bond acceptors (Lipinski definition) is 5. The summed E-state index contributed by atoms with van der Waals surface area (Å²) in [7, 11) is 0. The van der Waals surface area contributed by atoms with Gasteiger partial charge in [0, 0.05) is 9.37 Å². The van der Waals surface area contributed by atoms with Crippen molar-refractivity contribution in [3.63, 3.8) is 0 Å². The molecule has 0 saturated heterocycles. The van der Waals surface area contributed by atoms with Gasteiger partial charge in [-0.05, 0) is 43.0 Å². The molecule has 0 spiro atoms. The topological polar surface area (TPSA) is 98.5 Å². The lowest BCUT2D eigenvalue weighted by molar-refractivity contribution is -0.155. The highest BCUT2D eigenvalue weighted by molar-refractivity contribution is 9.10. The fourth-order valence-corrected chi connectivity index (χ4v) is 3.25. The molecule has 1 aromatic rings. The highest BCUT2D eigenvalue weighted by Gasteiger charge is 2.27. The predicted octanol–water partition coefficient (Wildman–Crippen LogP) is 2.92. The maximum absolute atomic E-state index is 12.0. The molecule has 24 heavy (non-hydrogen) atoms. The number of carbonyl (C=O) groups excluding carboxylic acids is 3. The molecule has 1 atom stereocenters. The van der Waals surface area contributed by atoms with Crippen LogP contribution in [0, 0.1) is 19.8 Å². The molecule has 0 aliphatic heterocycles. The van der Waals surface area contributed by atoms with Crippen molar-refractivity contribution in [2.24, 2.45) is 11.7 Å². The van der Waals surface area contributed by atoms with Crippen LogP contribution < -0.4 is 11.1 Å². The number of benzene rings is 1. The number of aryl methyl sites for hydroxylation is 2. The van der Waals surface area contributed by atoms with Gasteiger partial charge in [-0.2, -0.15) is 0 Å². The highest BCUT2D eigenvalue weighted by Crippen LogP contribution is 2.28. The standard InChI is InChI=1S/C16H21BrN2O4S/c1-8(2)14(15(21)19-16(18)22)23-13(20)7-24-12-6-9(3)11(17)5-10(12)4/h5-6,8,14H,7H2,1-4H3,(H3,18,19,21,22)/t14-/m1/s1. The number of imide groups is 1. The minimum Gasteiger partial charge on any atom is -0.451 e. The van der Waals surface area contributed by atoms with Gasteiger partial charge in [-0.25, -0.2) is 4.79 Å². The van der Waals surface area contributed by atoms with Gasteiger partial charge in [-0.1, -0.05) is 29.8 Å². The number of rotatable bonds is 6. The van der Waals surface area contributed by atoms with E-state index in [2.05, 4.69) is 15.9 Å². The van der Waals surface area contributed by atoms with Crippen LogP contribution in [0.3, 0.4) is 0 Å². The summed E-state index contributed by atoms with van der Waals surface area (Å²) in [5.41, 5.74) is 7.03. The van der Waals surface area contributed by atoms with E-state index in [0.29, 0.717) is 0 Å². The van der Waals surface area contributed by atoms with Crippen LogP contribution in [0.2, 0.25) is 0 Å². The van der Waals surface area contributed by atoms with E-state index in [4.69, 9.17) is 10.5 Å². The maximum Gasteiger partial charge on any atom is 0.318 e. The van der Waals surface area contributed by atoms with E-state index in [-0.39, 0.29) is 11.7 Å². The summed E-state index contributed by atoms with van der Waals surface area (Å²) in [5.74, 6) is -1.46. The second kappa shape index (κ2) is 9.08. The van der Waals surface area contributed by atoms with E-state index in [1.165, 1.54) is 11.8 Å². The molecule has 0 fully saturated rings. The number of carbonyl (C=O) groups is 3. The molecular formula is C16H21BrN2O4S. The van der Waals surface area contributed by atoms with Gasteiger partial charge < -0.3 is 10.5 Å². The summed E-state index contributed by atoms with van der Waals surface area (Å²) in [4.78, 5) is 35.6. The lowest BCUT2D eigenvalue weighted by Gasteiger charge is -2.19. The van der Waals surface area contributed by atoms with Crippen LogP contribution in [0.15, 0.2) is 21.5 Å². The van der Waals surface area contributed by atoms with Crippen molar-refractivity contribution in [3.05, 3.63) is 27.7 Å². The Morgan fingerprint density at radius 1 is 1.25 bits per heavy atom. The minimum absolute atomic E-state index is 0.0645. The van der Waals surface area contributed by atoms with Crippen LogP contribution in [0.1, 0.15) is 25.0 Å². The van der Waals surface area contributed by atoms with Gasteiger partial charge in [0.25, 0.3) is 5.91 Å². The molecule has 1 rings (SSSR count). The molecule has 1 aromatic carbocycles. The quantitative estimate of drug-likeness (QED) is 0.548. The second-order valence-electron chi connectivity index (χ2n) is 5.66. The Morgan fingerprint density at radius 3 is 2.42 bits per heavy atom. The number of thioether (sulfide) groups is 1. The molecule has 0 radical (unpaired) electrons. The van der Waals surface area contributed by atoms with Gasteiger partial charge in [0.2, 0.25) is 0 Å². The fourth-order valence-electron chi connectivity index (χ4n) is 1.91. The first-order chi connectivity index (χ1) is 11.1. The van der Waals surface area contributed by atoms with Crippen molar-refractivity contribution in [2.75, 3.05) is 5.75 Å². The molecule has 6 nitrogen and oxygen atoms in total. The molecule has 8 heteroatoms. The van der Waals surface area contributed by atoms with Gasteiger partial charge in [-0.15, -0.1) is 11.8 Å². The smallest absolute Gasteiger partial charge is 0.318 e. The average Bonchev–Trinajstić information content (AvgIpc) is 2.46. The molecule has 0 aliphatic carbocycles. The largest absolute Gasteiger partial charge is 0.451 e. The molecule has 3 amide bonds. The number of nitrogens with two attached hydrogens (primary N) is 1. The summed E-state index contributed by atoms with van der Waals surface area (Å²) in [5, 5.41) is 1.94. The highest BCUT2D eigenvalue weighted by atomic mass is 79.9. The SMILES string of the molecule is Cc1cc(SCC(=O)O[C@@H](C(=O)NC(N)=O)C(C)C)c(C)cc1Br. The first-order valence-corrected chi connectivity index (χ1v) is 9.09. The second-order valence-corrected chi connectivity index (χ2v) is 7.54. The van der Waals surface area contributed by atoms with Gasteiger partial charge in [0.15, 0.2) is 6.10 Å². The Morgan fingerprint density at radius 2 is 1.88 bits per heavy atom. The summed E-state index contributed by atoms with van der Waals surface area (Å²) < 4.78 is 6.21. The van der Waals surface area contributed by atoms with E-state index >= 15 is 0 Å². The summed E-state index contributed by atoms with van der Waals surface area (Å²) in [6.07, 6.45) is -1.06. The third-order valence-corrected chi connectivity index (χ3v) is 5.16. The number of hydrogen-bond donors (Lipinski definition) is 2. The Hall–Kier alpha value is -1.54. The van der Waals surface area contributed by atoms with Gasteiger partial charge >= 0.3 is 12.0 Å². The fraction of sp³-hybridized carbons (Fsp3) is 0.438. The molecular weight excluding hydrogens is 396 g/mol. The lowest BCUT2D eigenvalue weighted by Crippen LogP contribution is -2.45. The van der Waals surface area contributed by atoms with Crippen molar-refractivity contribution in [1.82, 2.24) is 5.32 Å². The van der Waals surface area contributed by atoms with E-state index in [1.54, 1.807) is 13.8 Å². The van der Waals surface area contributed by atoms with Crippen molar-refractivity contribution < 1.29 is 19.1 Å². The molecule has 132 valence electrons.